The summed E-state index contributed by atoms with van der Waals surface area (Å²) < 4.78 is 26.5. The molecule has 0 N–H and O–H groups in total. The van der Waals surface area contributed by atoms with Gasteiger partial charge in [-0.2, -0.15) is 13.9 Å². The quantitative estimate of drug-likeness (QED) is 0.678. The van der Waals surface area contributed by atoms with E-state index < -0.39 is 11.8 Å². The summed E-state index contributed by atoms with van der Waals surface area (Å²) in [6, 6.07) is 2.81. The monoisotopic (exact) mass is 170 g/mol. The Kier molecular flexibility index (Phi) is 1.56. The van der Waals surface area contributed by atoms with Gasteiger partial charge >= 0.3 is 0 Å². The number of alkyl halides is 2. The minimum atomic E-state index is -2.77. The van der Waals surface area contributed by atoms with Crippen molar-refractivity contribution in [2.24, 2.45) is 5.92 Å². The minimum absolute atomic E-state index is 0.201. The highest BCUT2D eigenvalue weighted by atomic mass is 19.3. The Hall–Kier alpha value is -1.06. The van der Waals surface area contributed by atoms with E-state index in [9.17, 15) is 8.78 Å². The molecule has 1 fully saturated rings. The molecule has 0 aliphatic heterocycles. The van der Waals surface area contributed by atoms with Crippen molar-refractivity contribution in [3.05, 3.63) is 24.0 Å². The van der Waals surface area contributed by atoms with Crippen LogP contribution in [0.1, 0.15) is 18.5 Å². The predicted octanol–water partition coefficient (Wildman–Crippen LogP) is 1.98. The van der Waals surface area contributed by atoms with Crippen molar-refractivity contribution in [2.45, 2.75) is 18.8 Å². The lowest BCUT2D eigenvalue weighted by Gasteiger charge is -2.12. The Bertz CT molecular complexity index is 270. The number of hydrogen-bond acceptors (Lipinski definition) is 2. The predicted molar refractivity (Wildman–Crippen MR) is 38.7 cm³/mol. The molecule has 1 saturated carbocycles. The second kappa shape index (κ2) is 2.47. The Balaban J connectivity index is 2.28. The van der Waals surface area contributed by atoms with Gasteiger partial charge in [0.1, 0.15) is 5.69 Å². The van der Waals surface area contributed by atoms with Gasteiger partial charge in [0, 0.05) is 12.1 Å². The zero-order valence-electron chi connectivity index (χ0n) is 6.37. The minimum Gasteiger partial charge on any atom is -0.199 e. The molecule has 1 aromatic heterocycles. The highest BCUT2D eigenvalue weighted by Crippen LogP contribution is 2.48. The van der Waals surface area contributed by atoms with Crippen LogP contribution in [0.3, 0.4) is 0 Å². The van der Waals surface area contributed by atoms with Crippen molar-refractivity contribution < 1.29 is 8.78 Å². The SMILES string of the molecule is FC(F)(c1cccnn1)C1CC1. The molecule has 1 heterocycles. The van der Waals surface area contributed by atoms with Crippen molar-refractivity contribution in [3.8, 4) is 0 Å². The Morgan fingerprint density at radius 2 is 2.17 bits per heavy atom. The molecule has 0 atom stereocenters. The molecule has 0 unspecified atom stereocenters. The second-order valence-corrected chi connectivity index (χ2v) is 3.01. The van der Waals surface area contributed by atoms with E-state index in [-0.39, 0.29) is 5.69 Å². The number of aromatic nitrogens is 2. The van der Waals surface area contributed by atoms with E-state index in [0.717, 1.165) is 0 Å². The van der Waals surface area contributed by atoms with Gasteiger partial charge < -0.3 is 0 Å². The molecule has 0 bridgehead atoms. The van der Waals surface area contributed by atoms with Crippen LogP contribution in [0, 0.1) is 5.92 Å². The van der Waals surface area contributed by atoms with E-state index in [0.29, 0.717) is 12.8 Å². The lowest BCUT2D eigenvalue weighted by molar-refractivity contribution is -0.0336. The van der Waals surface area contributed by atoms with Crippen LogP contribution in [0.5, 0.6) is 0 Å². The lowest BCUT2D eigenvalue weighted by atomic mass is 10.1. The molecule has 0 saturated heterocycles. The summed E-state index contributed by atoms with van der Waals surface area (Å²) in [5.41, 5.74) is -0.201. The molecule has 4 heteroatoms. The van der Waals surface area contributed by atoms with Crippen molar-refractivity contribution >= 4 is 0 Å². The van der Waals surface area contributed by atoms with Crippen LogP contribution in [-0.4, -0.2) is 10.2 Å². The van der Waals surface area contributed by atoms with Crippen LogP contribution in [0.2, 0.25) is 0 Å². The molecule has 0 spiro atoms. The fraction of sp³-hybridized carbons (Fsp3) is 0.500. The van der Waals surface area contributed by atoms with Gasteiger partial charge in [-0.05, 0) is 25.0 Å². The third-order valence-corrected chi connectivity index (χ3v) is 2.00. The molecule has 2 nitrogen and oxygen atoms in total. The zero-order valence-corrected chi connectivity index (χ0v) is 6.37. The van der Waals surface area contributed by atoms with Crippen LogP contribution < -0.4 is 0 Å². The standard InChI is InChI=1S/C8H8F2N2/c9-8(10,6-3-4-6)7-2-1-5-11-12-7/h1-2,5-6H,3-4H2. The van der Waals surface area contributed by atoms with Crippen molar-refractivity contribution in [3.63, 3.8) is 0 Å². The Labute approximate surface area is 68.6 Å². The third-order valence-electron chi connectivity index (χ3n) is 2.00. The van der Waals surface area contributed by atoms with Gasteiger partial charge in [-0.15, -0.1) is 5.10 Å². The van der Waals surface area contributed by atoms with Crippen molar-refractivity contribution in [1.29, 1.82) is 0 Å². The first-order valence-corrected chi connectivity index (χ1v) is 3.87. The summed E-state index contributed by atoms with van der Waals surface area (Å²) >= 11 is 0. The molecular formula is C8H8F2N2. The lowest BCUT2D eigenvalue weighted by Crippen LogP contribution is -2.18. The maximum absolute atomic E-state index is 13.2. The van der Waals surface area contributed by atoms with Gasteiger partial charge in [-0.25, -0.2) is 0 Å². The first-order chi connectivity index (χ1) is 5.71. The van der Waals surface area contributed by atoms with E-state index >= 15 is 0 Å². The fourth-order valence-corrected chi connectivity index (χ4v) is 1.13. The molecule has 2 rings (SSSR count). The van der Waals surface area contributed by atoms with Gasteiger partial charge in [0.25, 0.3) is 5.92 Å². The first kappa shape index (κ1) is 7.58. The van der Waals surface area contributed by atoms with Crippen LogP contribution in [0.4, 0.5) is 8.78 Å². The third kappa shape index (κ3) is 1.17. The van der Waals surface area contributed by atoms with Gasteiger partial charge in [0.05, 0.1) is 0 Å². The van der Waals surface area contributed by atoms with Gasteiger partial charge in [-0.3, -0.25) is 0 Å². The van der Waals surface area contributed by atoms with E-state index in [1.807, 2.05) is 0 Å². The van der Waals surface area contributed by atoms with E-state index in [1.54, 1.807) is 0 Å². The van der Waals surface area contributed by atoms with E-state index in [2.05, 4.69) is 10.2 Å². The topological polar surface area (TPSA) is 25.8 Å². The number of halogens is 2. The summed E-state index contributed by atoms with van der Waals surface area (Å²) in [5.74, 6) is -3.27. The summed E-state index contributed by atoms with van der Waals surface area (Å²) in [6.45, 7) is 0. The largest absolute Gasteiger partial charge is 0.294 e. The molecular weight excluding hydrogens is 162 g/mol. The van der Waals surface area contributed by atoms with Crippen LogP contribution in [-0.2, 0) is 5.92 Å². The fourth-order valence-electron chi connectivity index (χ4n) is 1.13. The first-order valence-electron chi connectivity index (χ1n) is 3.87. The highest BCUT2D eigenvalue weighted by Gasteiger charge is 2.49. The normalized spacial score (nSPS) is 17.8. The van der Waals surface area contributed by atoms with Gasteiger partial charge in [0.2, 0.25) is 0 Å². The maximum atomic E-state index is 13.2. The second-order valence-electron chi connectivity index (χ2n) is 3.01. The van der Waals surface area contributed by atoms with Crippen LogP contribution in [0.15, 0.2) is 18.3 Å². The van der Waals surface area contributed by atoms with E-state index in [4.69, 9.17) is 0 Å². The molecule has 1 aliphatic carbocycles. The molecule has 0 aromatic carbocycles. The number of rotatable bonds is 2. The van der Waals surface area contributed by atoms with Crippen molar-refractivity contribution in [2.75, 3.05) is 0 Å². The molecule has 64 valence electrons. The van der Waals surface area contributed by atoms with Crippen LogP contribution in [0.25, 0.3) is 0 Å². The van der Waals surface area contributed by atoms with Crippen LogP contribution >= 0.6 is 0 Å². The smallest absolute Gasteiger partial charge is 0.199 e. The number of hydrogen-bond donors (Lipinski definition) is 0. The molecule has 1 aliphatic rings. The molecule has 1 aromatic rings. The Morgan fingerprint density at radius 3 is 2.67 bits per heavy atom. The maximum Gasteiger partial charge on any atom is 0.294 e. The summed E-state index contributed by atoms with van der Waals surface area (Å²) in [7, 11) is 0. The average Bonchev–Trinajstić information content (AvgIpc) is 2.88. The van der Waals surface area contributed by atoms with Gasteiger partial charge in [-0.1, -0.05) is 0 Å². The van der Waals surface area contributed by atoms with Crippen molar-refractivity contribution in [1.82, 2.24) is 10.2 Å². The van der Waals surface area contributed by atoms with E-state index in [1.165, 1.54) is 18.3 Å². The highest BCUT2D eigenvalue weighted by molar-refractivity contribution is 5.10. The summed E-state index contributed by atoms with van der Waals surface area (Å²) in [5, 5.41) is 6.84. The number of nitrogens with zero attached hydrogens (tertiary/aromatic N) is 2. The summed E-state index contributed by atoms with van der Waals surface area (Å²) in [6.07, 6.45) is 2.60. The zero-order chi connectivity index (χ0) is 8.60. The summed E-state index contributed by atoms with van der Waals surface area (Å²) in [4.78, 5) is 0. The average molecular weight is 170 g/mol. The van der Waals surface area contributed by atoms with Gasteiger partial charge in [0.15, 0.2) is 0 Å². The molecule has 12 heavy (non-hydrogen) atoms. The molecule has 0 amide bonds. The Morgan fingerprint density at radius 1 is 1.42 bits per heavy atom. The molecule has 0 radical (unpaired) electrons.